The van der Waals surface area contributed by atoms with Gasteiger partial charge in [0.1, 0.15) is 0 Å². The second kappa shape index (κ2) is 9.36. The van der Waals surface area contributed by atoms with E-state index in [4.69, 9.17) is 5.11 Å². The zero-order valence-electron chi connectivity index (χ0n) is 14.6. The second-order valence-electron chi connectivity index (χ2n) is 5.84. The van der Waals surface area contributed by atoms with Gasteiger partial charge in [-0.2, -0.15) is 0 Å². The number of nitrogens with one attached hydrogen (secondary N) is 2. The molecule has 0 aliphatic carbocycles. The van der Waals surface area contributed by atoms with E-state index >= 15 is 0 Å². The van der Waals surface area contributed by atoms with Gasteiger partial charge in [0.05, 0.1) is 0 Å². The summed E-state index contributed by atoms with van der Waals surface area (Å²) < 4.78 is 0. The van der Waals surface area contributed by atoms with Crippen molar-refractivity contribution in [1.29, 1.82) is 0 Å². The van der Waals surface area contributed by atoms with E-state index < -0.39 is 5.97 Å². The Labute approximate surface area is 152 Å². The Morgan fingerprint density at radius 3 is 2.27 bits per heavy atom. The van der Waals surface area contributed by atoms with Crippen molar-refractivity contribution in [3.63, 3.8) is 0 Å². The summed E-state index contributed by atoms with van der Waals surface area (Å²) in [6.07, 6.45) is 1.22. The average molecular weight is 354 g/mol. The molecule has 0 aromatic heterocycles. The zero-order valence-corrected chi connectivity index (χ0v) is 14.6. The van der Waals surface area contributed by atoms with Crippen LogP contribution < -0.4 is 10.6 Å². The molecule has 0 saturated heterocycles. The molecule has 0 spiro atoms. The van der Waals surface area contributed by atoms with Gasteiger partial charge < -0.3 is 15.7 Å². The van der Waals surface area contributed by atoms with Crippen molar-refractivity contribution in [3.05, 3.63) is 59.7 Å². The molecule has 6 nitrogen and oxygen atoms in total. The van der Waals surface area contributed by atoms with Crippen molar-refractivity contribution in [2.24, 2.45) is 0 Å². The minimum absolute atomic E-state index is 0.0359. The van der Waals surface area contributed by atoms with Crippen LogP contribution in [-0.2, 0) is 16.0 Å². The largest absolute Gasteiger partial charge is 0.481 e. The zero-order chi connectivity index (χ0) is 18.9. The van der Waals surface area contributed by atoms with Crippen molar-refractivity contribution in [2.75, 3.05) is 10.6 Å². The predicted molar refractivity (Wildman–Crippen MR) is 100 cm³/mol. The third-order valence-corrected chi connectivity index (χ3v) is 3.87. The molecule has 2 aromatic rings. The topological polar surface area (TPSA) is 95.5 Å². The number of anilines is 2. The van der Waals surface area contributed by atoms with Gasteiger partial charge in [-0.25, -0.2) is 0 Å². The minimum Gasteiger partial charge on any atom is -0.481 e. The van der Waals surface area contributed by atoms with Crippen molar-refractivity contribution < 1.29 is 19.5 Å². The quantitative estimate of drug-likeness (QED) is 0.673. The highest BCUT2D eigenvalue weighted by Gasteiger charge is 2.09. The number of carboxylic acids is 1. The molecule has 0 fully saturated rings. The Morgan fingerprint density at radius 2 is 1.62 bits per heavy atom. The monoisotopic (exact) mass is 354 g/mol. The number of carbonyl (C=O) groups is 3. The fourth-order valence-corrected chi connectivity index (χ4v) is 2.47. The lowest BCUT2D eigenvalue weighted by atomic mass is 10.1. The van der Waals surface area contributed by atoms with E-state index in [2.05, 4.69) is 10.6 Å². The molecule has 2 rings (SSSR count). The van der Waals surface area contributed by atoms with Crippen LogP contribution in [0.5, 0.6) is 0 Å². The summed E-state index contributed by atoms with van der Waals surface area (Å²) in [4.78, 5) is 34.6. The van der Waals surface area contributed by atoms with Gasteiger partial charge in [0.25, 0.3) is 5.91 Å². The van der Waals surface area contributed by atoms with E-state index in [0.29, 0.717) is 17.7 Å². The molecule has 0 radical (unpaired) electrons. The van der Waals surface area contributed by atoms with Crippen LogP contribution in [0.4, 0.5) is 11.4 Å². The lowest BCUT2D eigenvalue weighted by Gasteiger charge is -2.10. The molecular weight excluding hydrogens is 332 g/mol. The van der Waals surface area contributed by atoms with E-state index in [-0.39, 0.29) is 24.7 Å². The van der Waals surface area contributed by atoms with E-state index in [1.165, 1.54) is 0 Å². The molecule has 0 heterocycles. The molecule has 26 heavy (non-hydrogen) atoms. The number of aliphatic carboxylic acids is 1. The molecule has 0 atom stereocenters. The summed E-state index contributed by atoms with van der Waals surface area (Å²) in [5.74, 6) is -1.39. The molecule has 3 N–H and O–H groups in total. The second-order valence-corrected chi connectivity index (χ2v) is 5.84. The first-order valence-corrected chi connectivity index (χ1v) is 8.50. The maximum atomic E-state index is 12.4. The first kappa shape index (κ1) is 19.2. The summed E-state index contributed by atoms with van der Waals surface area (Å²) >= 11 is 0. The molecule has 0 unspecified atom stereocenters. The van der Waals surface area contributed by atoms with Gasteiger partial charge in [0.15, 0.2) is 0 Å². The molecule has 0 saturated carbocycles. The summed E-state index contributed by atoms with van der Waals surface area (Å²) in [6, 6.07) is 14.2. The first-order valence-electron chi connectivity index (χ1n) is 8.50. The summed E-state index contributed by atoms with van der Waals surface area (Å²) in [7, 11) is 0. The molecular formula is C20H22N2O4. The average Bonchev–Trinajstić information content (AvgIpc) is 2.62. The van der Waals surface area contributed by atoms with Crippen LogP contribution in [-0.4, -0.2) is 22.9 Å². The van der Waals surface area contributed by atoms with Crippen LogP contribution in [0.3, 0.4) is 0 Å². The van der Waals surface area contributed by atoms with Gasteiger partial charge in [-0.15, -0.1) is 0 Å². The fraction of sp³-hybridized carbons (Fsp3) is 0.250. The molecule has 136 valence electrons. The number of hydrogen-bond acceptors (Lipinski definition) is 3. The summed E-state index contributed by atoms with van der Waals surface area (Å²) in [5, 5.41) is 14.1. The van der Waals surface area contributed by atoms with Crippen LogP contribution in [0.25, 0.3) is 0 Å². The molecule has 2 amide bonds. The molecule has 0 aliphatic heterocycles. The Balaban J connectivity index is 1.93. The first-order chi connectivity index (χ1) is 12.5. The number of amides is 2. The summed E-state index contributed by atoms with van der Waals surface area (Å²) in [5.41, 5.74) is 2.90. The van der Waals surface area contributed by atoms with Gasteiger partial charge in [-0.05, 0) is 48.7 Å². The fourth-order valence-electron chi connectivity index (χ4n) is 2.47. The van der Waals surface area contributed by atoms with E-state index in [1.54, 1.807) is 24.3 Å². The molecule has 0 bridgehead atoms. The van der Waals surface area contributed by atoms with Gasteiger partial charge in [0.2, 0.25) is 5.91 Å². The van der Waals surface area contributed by atoms with Crippen LogP contribution in [0, 0.1) is 0 Å². The lowest BCUT2D eigenvalue weighted by molar-refractivity contribution is -0.137. The van der Waals surface area contributed by atoms with Gasteiger partial charge >= 0.3 is 5.97 Å². The van der Waals surface area contributed by atoms with Crippen LogP contribution >= 0.6 is 0 Å². The SMILES string of the molecule is CCc1ccccc1NC(=O)c1ccc(NC(=O)CCCC(=O)O)cc1. The van der Waals surface area contributed by atoms with Crippen molar-refractivity contribution in [2.45, 2.75) is 32.6 Å². The maximum Gasteiger partial charge on any atom is 0.303 e. The number of benzene rings is 2. The summed E-state index contributed by atoms with van der Waals surface area (Å²) in [6.45, 7) is 2.03. The highest BCUT2D eigenvalue weighted by Crippen LogP contribution is 2.17. The smallest absolute Gasteiger partial charge is 0.303 e. The third kappa shape index (κ3) is 5.73. The highest BCUT2D eigenvalue weighted by atomic mass is 16.4. The van der Waals surface area contributed by atoms with E-state index in [9.17, 15) is 14.4 Å². The standard InChI is InChI=1S/C20H22N2O4/c1-2-14-6-3-4-7-17(14)22-20(26)15-10-12-16(13-11-15)21-18(23)8-5-9-19(24)25/h3-4,6-7,10-13H,2,5,8-9H2,1H3,(H,21,23)(H,22,26)(H,24,25). The molecule has 6 heteroatoms. The predicted octanol–water partition coefficient (Wildman–Crippen LogP) is 3.69. The van der Waals surface area contributed by atoms with E-state index in [1.807, 2.05) is 31.2 Å². The Kier molecular flexibility index (Phi) is 6.91. The number of carboxylic acid groups (broad SMARTS) is 1. The van der Waals surface area contributed by atoms with E-state index in [0.717, 1.165) is 17.7 Å². The minimum atomic E-state index is -0.919. The van der Waals surface area contributed by atoms with Gasteiger partial charge in [-0.1, -0.05) is 25.1 Å². The van der Waals surface area contributed by atoms with Crippen LogP contribution in [0.2, 0.25) is 0 Å². The van der Waals surface area contributed by atoms with Gasteiger partial charge in [0, 0.05) is 29.8 Å². The van der Waals surface area contributed by atoms with Crippen LogP contribution in [0.15, 0.2) is 48.5 Å². The number of aryl methyl sites for hydroxylation is 1. The maximum absolute atomic E-state index is 12.4. The number of para-hydroxylation sites is 1. The highest BCUT2D eigenvalue weighted by molar-refractivity contribution is 6.05. The lowest BCUT2D eigenvalue weighted by Crippen LogP contribution is -2.14. The molecule has 2 aromatic carbocycles. The Morgan fingerprint density at radius 1 is 0.923 bits per heavy atom. The van der Waals surface area contributed by atoms with Crippen LogP contribution in [0.1, 0.15) is 42.1 Å². The third-order valence-electron chi connectivity index (χ3n) is 3.87. The normalized spacial score (nSPS) is 10.2. The number of carbonyl (C=O) groups excluding carboxylic acids is 2. The Hall–Kier alpha value is -3.15. The molecule has 0 aliphatic rings. The van der Waals surface area contributed by atoms with Crippen molar-refractivity contribution in [3.8, 4) is 0 Å². The Bertz CT molecular complexity index is 785. The van der Waals surface area contributed by atoms with Crippen molar-refractivity contribution >= 4 is 29.2 Å². The van der Waals surface area contributed by atoms with Crippen molar-refractivity contribution in [1.82, 2.24) is 0 Å². The number of hydrogen-bond donors (Lipinski definition) is 3. The van der Waals surface area contributed by atoms with Gasteiger partial charge in [-0.3, -0.25) is 14.4 Å². The number of rotatable bonds is 8.